The summed E-state index contributed by atoms with van der Waals surface area (Å²) in [5, 5.41) is 9.61. The highest BCUT2D eigenvalue weighted by Gasteiger charge is 2.05. The summed E-state index contributed by atoms with van der Waals surface area (Å²) in [5.41, 5.74) is 0.706. The van der Waals surface area contributed by atoms with Crippen LogP contribution in [0.4, 0.5) is 0 Å². The lowest BCUT2D eigenvalue weighted by atomic mass is 10.2. The van der Waals surface area contributed by atoms with Crippen molar-refractivity contribution in [3.63, 3.8) is 0 Å². The molecule has 2 N–H and O–H groups in total. The van der Waals surface area contributed by atoms with Crippen LogP contribution in [0.1, 0.15) is 23.9 Å². The Morgan fingerprint density at radius 1 is 1.50 bits per heavy atom. The zero-order valence-corrected chi connectivity index (χ0v) is 11.6. The third-order valence-corrected chi connectivity index (χ3v) is 4.36. The smallest absolute Gasteiger partial charge is 0.251 e. The molecule has 0 aliphatic carbocycles. The largest absolute Gasteiger partial charge is 0.391 e. The molecular formula is C12H14N2O2S2. The predicted octanol–water partition coefficient (Wildman–Crippen LogP) is 2.43. The van der Waals surface area contributed by atoms with E-state index in [-0.39, 0.29) is 12.2 Å². The molecule has 2 aromatic rings. The van der Waals surface area contributed by atoms with Crippen LogP contribution in [0.25, 0.3) is 0 Å². The van der Waals surface area contributed by atoms with E-state index in [1.807, 2.05) is 12.1 Å². The van der Waals surface area contributed by atoms with E-state index in [1.54, 1.807) is 6.07 Å². The zero-order chi connectivity index (χ0) is 13.0. The number of thiophene rings is 1. The van der Waals surface area contributed by atoms with Gasteiger partial charge in [0.05, 0.1) is 10.8 Å². The Hall–Kier alpha value is -1.11. The van der Waals surface area contributed by atoms with Crippen molar-refractivity contribution >= 4 is 23.1 Å². The number of nitrogens with zero attached hydrogens (tertiary/aromatic N) is 1. The van der Waals surface area contributed by atoms with Gasteiger partial charge >= 0.3 is 0 Å². The van der Waals surface area contributed by atoms with E-state index in [4.69, 9.17) is 5.11 Å². The van der Waals surface area contributed by atoms with Gasteiger partial charge in [0, 0.05) is 16.6 Å². The molecule has 2 heterocycles. The summed E-state index contributed by atoms with van der Waals surface area (Å²) < 4.78 is 1.01. The lowest BCUT2D eigenvalue weighted by Crippen LogP contribution is -2.09. The first-order valence-corrected chi connectivity index (χ1v) is 7.32. The molecule has 0 atom stereocenters. The number of nitrogens with one attached hydrogen (secondary N) is 1. The van der Waals surface area contributed by atoms with Crippen LogP contribution in [0.2, 0.25) is 0 Å². The van der Waals surface area contributed by atoms with Crippen molar-refractivity contribution in [2.24, 2.45) is 0 Å². The van der Waals surface area contributed by atoms with Crippen LogP contribution < -0.4 is 5.56 Å². The van der Waals surface area contributed by atoms with Gasteiger partial charge in [-0.3, -0.25) is 4.79 Å². The topological polar surface area (TPSA) is 66.0 Å². The number of aliphatic hydroxyl groups excluding tert-OH is 1. The van der Waals surface area contributed by atoms with Crippen molar-refractivity contribution in [3.8, 4) is 0 Å². The normalized spacial score (nSPS) is 10.8. The molecule has 0 aromatic carbocycles. The maximum atomic E-state index is 11.5. The molecule has 0 amide bonds. The molecule has 0 spiro atoms. The Balaban J connectivity index is 2.20. The van der Waals surface area contributed by atoms with Crippen LogP contribution >= 0.6 is 23.1 Å². The summed E-state index contributed by atoms with van der Waals surface area (Å²) in [6.45, 7) is 2.10. The first-order chi connectivity index (χ1) is 8.71. The number of H-pyrrole nitrogens is 1. The molecule has 0 aliphatic heterocycles. The van der Waals surface area contributed by atoms with E-state index >= 15 is 0 Å². The summed E-state index contributed by atoms with van der Waals surface area (Å²) >= 11 is 2.92. The van der Waals surface area contributed by atoms with Crippen molar-refractivity contribution in [1.82, 2.24) is 9.97 Å². The van der Waals surface area contributed by atoms with Crippen LogP contribution in [0.15, 0.2) is 32.4 Å². The zero-order valence-electron chi connectivity index (χ0n) is 9.97. The maximum Gasteiger partial charge on any atom is 0.251 e. The van der Waals surface area contributed by atoms with Gasteiger partial charge in [0.25, 0.3) is 5.56 Å². The van der Waals surface area contributed by atoms with Crippen molar-refractivity contribution in [1.29, 1.82) is 0 Å². The summed E-state index contributed by atoms with van der Waals surface area (Å²) in [4.78, 5) is 19.5. The number of aromatic nitrogens is 2. The minimum absolute atomic E-state index is 0.0467. The molecule has 0 radical (unpaired) electrons. The van der Waals surface area contributed by atoms with Crippen LogP contribution in [0.3, 0.4) is 0 Å². The first kappa shape index (κ1) is 13.3. The summed E-state index contributed by atoms with van der Waals surface area (Å²) in [7, 11) is 0. The van der Waals surface area contributed by atoms with Crippen LogP contribution in [0, 0.1) is 0 Å². The molecule has 0 unspecified atom stereocenters. The van der Waals surface area contributed by atoms with E-state index in [0.29, 0.717) is 5.16 Å². The quantitative estimate of drug-likeness (QED) is 0.827. The molecule has 96 valence electrons. The second-order valence-corrected chi connectivity index (χ2v) is 6.23. The van der Waals surface area contributed by atoms with E-state index in [9.17, 15) is 4.79 Å². The minimum Gasteiger partial charge on any atom is -0.391 e. The van der Waals surface area contributed by atoms with Crippen LogP contribution in [0.5, 0.6) is 0 Å². The van der Waals surface area contributed by atoms with Gasteiger partial charge in [0.1, 0.15) is 0 Å². The Morgan fingerprint density at radius 2 is 2.33 bits per heavy atom. The third-order valence-electron chi connectivity index (χ3n) is 2.27. The molecule has 18 heavy (non-hydrogen) atoms. The fourth-order valence-electron chi connectivity index (χ4n) is 1.51. The molecule has 0 saturated heterocycles. The minimum atomic E-state index is -0.116. The summed E-state index contributed by atoms with van der Waals surface area (Å²) in [6, 6.07) is 5.34. The van der Waals surface area contributed by atoms with Crippen molar-refractivity contribution in [3.05, 3.63) is 39.1 Å². The molecule has 0 aliphatic rings. The average molecular weight is 282 g/mol. The maximum absolute atomic E-state index is 11.5. The van der Waals surface area contributed by atoms with Crippen molar-refractivity contribution in [2.45, 2.75) is 35.7 Å². The molecule has 6 heteroatoms. The Morgan fingerprint density at radius 3 is 3.00 bits per heavy atom. The molecular weight excluding hydrogens is 268 g/mol. The number of aryl methyl sites for hydroxylation is 1. The molecule has 0 fully saturated rings. The van der Waals surface area contributed by atoms with Crippen molar-refractivity contribution < 1.29 is 5.11 Å². The second kappa shape index (κ2) is 6.17. The molecule has 2 aromatic heterocycles. The van der Waals surface area contributed by atoms with Gasteiger partial charge in [-0.25, -0.2) is 4.98 Å². The highest BCUT2D eigenvalue weighted by Crippen LogP contribution is 2.31. The van der Waals surface area contributed by atoms with Crippen LogP contribution in [-0.2, 0) is 13.0 Å². The first-order valence-electron chi connectivity index (χ1n) is 5.69. The van der Waals surface area contributed by atoms with Gasteiger partial charge in [-0.15, -0.1) is 11.3 Å². The standard InChI is InChI=1S/C12H14N2O2S2/c1-2-3-8-6-10(16)14-12(13-8)18-11-5-4-9(7-15)17-11/h4-6,15H,2-3,7H2,1H3,(H,13,14,16). The second-order valence-electron chi connectivity index (χ2n) is 3.77. The number of aromatic amines is 1. The third kappa shape index (κ3) is 3.44. The van der Waals surface area contributed by atoms with E-state index in [1.165, 1.54) is 23.1 Å². The van der Waals surface area contributed by atoms with Crippen LogP contribution in [-0.4, -0.2) is 15.1 Å². The van der Waals surface area contributed by atoms with E-state index in [2.05, 4.69) is 16.9 Å². The number of hydrogen-bond acceptors (Lipinski definition) is 5. The van der Waals surface area contributed by atoms with Gasteiger partial charge < -0.3 is 10.1 Å². The lowest BCUT2D eigenvalue weighted by molar-refractivity contribution is 0.285. The van der Waals surface area contributed by atoms with Gasteiger partial charge in [0.15, 0.2) is 5.16 Å². The summed E-state index contributed by atoms with van der Waals surface area (Å²) in [6.07, 6.45) is 1.78. The van der Waals surface area contributed by atoms with Gasteiger partial charge in [-0.05, 0) is 30.3 Å². The Labute approximate surface area is 113 Å². The van der Waals surface area contributed by atoms with Gasteiger partial charge in [-0.2, -0.15) is 0 Å². The lowest BCUT2D eigenvalue weighted by Gasteiger charge is -2.01. The van der Waals surface area contributed by atoms with Gasteiger partial charge in [-0.1, -0.05) is 13.3 Å². The molecule has 0 saturated carbocycles. The monoisotopic (exact) mass is 282 g/mol. The van der Waals surface area contributed by atoms with Gasteiger partial charge in [0.2, 0.25) is 0 Å². The SMILES string of the molecule is CCCc1cc(=O)[nH]c(Sc2ccc(CO)s2)n1. The Bertz CT molecular complexity index is 577. The number of hydrogen-bond donors (Lipinski definition) is 2. The number of aliphatic hydroxyl groups is 1. The van der Waals surface area contributed by atoms with E-state index in [0.717, 1.165) is 27.6 Å². The average Bonchev–Trinajstić information content (AvgIpc) is 2.76. The van der Waals surface area contributed by atoms with E-state index < -0.39 is 0 Å². The molecule has 2 rings (SSSR count). The Kier molecular flexibility index (Phi) is 4.57. The molecule has 4 nitrogen and oxygen atoms in total. The predicted molar refractivity (Wildman–Crippen MR) is 73.2 cm³/mol. The fourth-order valence-corrected chi connectivity index (χ4v) is 3.47. The number of rotatable bonds is 5. The summed E-state index contributed by atoms with van der Waals surface area (Å²) in [5.74, 6) is 0. The molecule has 0 bridgehead atoms. The highest BCUT2D eigenvalue weighted by atomic mass is 32.2. The van der Waals surface area contributed by atoms with Crippen molar-refractivity contribution in [2.75, 3.05) is 0 Å². The highest BCUT2D eigenvalue weighted by molar-refractivity contribution is 8.01. The fraction of sp³-hybridized carbons (Fsp3) is 0.333.